The van der Waals surface area contributed by atoms with Gasteiger partial charge in [-0.25, -0.2) is 0 Å². The summed E-state index contributed by atoms with van der Waals surface area (Å²) in [6.45, 7) is 6.85. The first-order chi connectivity index (χ1) is 12.0. The van der Waals surface area contributed by atoms with Crippen LogP contribution in [0.15, 0.2) is 48.1 Å². The maximum absolute atomic E-state index is 12.8. The zero-order chi connectivity index (χ0) is 17.6. The van der Waals surface area contributed by atoms with Crippen molar-refractivity contribution in [3.63, 3.8) is 0 Å². The minimum absolute atomic E-state index is 0.0306. The largest absolute Gasteiger partial charge is 0.458 e. The van der Waals surface area contributed by atoms with Gasteiger partial charge < -0.3 is 4.74 Å². The smallest absolute Gasteiger partial charge is 0.310 e. The number of carbonyl (C=O) groups excluding carboxylic acids is 1. The molecule has 0 amide bonds. The molecule has 2 heteroatoms. The molecule has 0 spiro atoms. The van der Waals surface area contributed by atoms with Crippen molar-refractivity contribution in [1.29, 1.82) is 0 Å². The van der Waals surface area contributed by atoms with E-state index in [9.17, 15) is 4.79 Å². The molecule has 6 unspecified atom stereocenters. The van der Waals surface area contributed by atoms with Crippen molar-refractivity contribution in [1.82, 2.24) is 0 Å². The number of ether oxygens (including phenoxy) is 1. The van der Waals surface area contributed by atoms with Crippen LogP contribution in [0, 0.1) is 35.5 Å². The van der Waals surface area contributed by atoms with Crippen LogP contribution in [0.1, 0.15) is 39.2 Å². The fourth-order valence-corrected chi connectivity index (χ4v) is 5.41. The van der Waals surface area contributed by atoms with Crippen LogP contribution in [0.3, 0.4) is 0 Å². The molecular weight excluding hydrogens is 308 g/mol. The van der Waals surface area contributed by atoms with Crippen LogP contribution in [0.4, 0.5) is 0 Å². The number of carbonyl (C=O) groups is 1. The molecule has 1 aliphatic heterocycles. The van der Waals surface area contributed by atoms with Gasteiger partial charge in [-0.2, -0.15) is 0 Å². The van der Waals surface area contributed by atoms with E-state index in [0.29, 0.717) is 29.6 Å². The predicted molar refractivity (Wildman–Crippen MR) is 101 cm³/mol. The summed E-state index contributed by atoms with van der Waals surface area (Å²) in [4.78, 5) is 12.8. The zero-order valence-corrected chi connectivity index (χ0v) is 15.4. The summed E-state index contributed by atoms with van der Waals surface area (Å²) in [6, 6.07) is 10.2. The van der Waals surface area contributed by atoms with Crippen molar-refractivity contribution in [2.24, 2.45) is 35.5 Å². The molecule has 3 aliphatic carbocycles. The molecule has 5 rings (SSSR count). The molecule has 0 radical (unpaired) electrons. The van der Waals surface area contributed by atoms with E-state index < -0.39 is 0 Å². The van der Waals surface area contributed by atoms with Crippen LogP contribution in [-0.2, 0) is 9.53 Å². The summed E-state index contributed by atoms with van der Waals surface area (Å²) in [5.41, 5.74) is 2.66. The van der Waals surface area contributed by atoms with Gasteiger partial charge in [0.2, 0.25) is 0 Å². The maximum Gasteiger partial charge on any atom is 0.310 e. The Hall–Kier alpha value is -1.83. The first-order valence-electron chi connectivity index (χ1n) is 9.66. The highest BCUT2D eigenvalue weighted by Gasteiger charge is 2.54. The van der Waals surface area contributed by atoms with Crippen molar-refractivity contribution in [2.75, 3.05) is 0 Å². The van der Waals surface area contributed by atoms with E-state index in [1.165, 1.54) is 12.0 Å². The van der Waals surface area contributed by atoms with Gasteiger partial charge in [0.1, 0.15) is 6.10 Å². The third kappa shape index (κ3) is 2.96. The van der Waals surface area contributed by atoms with Gasteiger partial charge in [0.15, 0.2) is 0 Å². The molecule has 4 aliphatic rings. The molecule has 0 aromatic heterocycles. The SMILES string of the molecule is CC1=CC2C(C(C)C)CC1C1CC(C=Cc3ccccc3)OC(=O)C21. The molecule has 2 nitrogen and oxygen atoms in total. The second kappa shape index (κ2) is 6.48. The topological polar surface area (TPSA) is 26.3 Å². The molecular formula is C23H28O2. The van der Waals surface area contributed by atoms with Crippen molar-refractivity contribution in [2.45, 2.75) is 39.7 Å². The lowest BCUT2D eigenvalue weighted by Gasteiger charge is -2.54. The van der Waals surface area contributed by atoms with E-state index in [-0.39, 0.29) is 18.0 Å². The van der Waals surface area contributed by atoms with E-state index in [4.69, 9.17) is 4.74 Å². The third-order valence-corrected chi connectivity index (χ3v) is 6.66. The van der Waals surface area contributed by atoms with Gasteiger partial charge >= 0.3 is 5.97 Å². The Bertz CT molecular complexity index is 700. The molecule has 1 saturated heterocycles. The van der Waals surface area contributed by atoms with Gasteiger partial charge in [-0.3, -0.25) is 4.79 Å². The fourth-order valence-electron chi connectivity index (χ4n) is 5.41. The summed E-state index contributed by atoms with van der Waals surface area (Å²) in [5, 5.41) is 0. The third-order valence-electron chi connectivity index (χ3n) is 6.66. The first-order valence-corrected chi connectivity index (χ1v) is 9.66. The Morgan fingerprint density at radius 2 is 1.92 bits per heavy atom. The van der Waals surface area contributed by atoms with Crippen molar-refractivity contribution >= 4 is 12.0 Å². The molecule has 1 aromatic rings. The second-order valence-electron chi connectivity index (χ2n) is 8.41. The predicted octanol–water partition coefficient (Wildman–Crippen LogP) is 5.12. The van der Waals surface area contributed by atoms with E-state index in [1.807, 2.05) is 18.2 Å². The van der Waals surface area contributed by atoms with E-state index in [0.717, 1.165) is 12.0 Å². The molecule has 1 heterocycles. The van der Waals surface area contributed by atoms with E-state index in [2.05, 4.69) is 51.1 Å². The van der Waals surface area contributed by atoms with Gasteiger partial charge in [-0.1, -0.05) is 61.9 Å². The Kier molecular flexibility index (Phi) is 4.31. The Morgan fingerprint density at radius 3 is 2.64 bits per heavy atom. The fraction of sp³-hybridized carbons (Fsp3) is 0.522. The van der Waals surface area contributed by atoms with Crippen molar-refractivity contribution < 1.29 is 9.53 Å². The monoisotopic (exact) mass is 336 g/mol. The van der Waals surface area contributed by atoms with Crippen LogP contribution >= 0.6 is 0 Å². The van der Waals surface area contributed by atoms with Crippen LogP contribution < -0.4 is 0 Å². The highest BCUT2D eigenvalue weighted by molar-refractivity contribution is 5.76. The van der Waals surface area contributed by atoms with Crippen LogP contribution in [0.25, 0.3) is 6.08 Å². The summed E-state index contributed by atoms with van der Waals surface area (Å²) in [5.74, 6) is 2.75. The van der Waals surface area contributed by atoms with Gasteiger partial charge in [0, 0.05) is 0 Å². The highest BCUT2D eigenvalue weighted by atomic mass is 16.5. The number of cyclic esters (lactones) is 1. The Morgan fingerprint density at radius 1 is 1.16 bits per heavy atom. The maximum atomic E-state index is 12.8. The lowest BCUT2D eigenvalue weighted by Crippen LogP contribution is -2.53. The summed E-state index contributed by atoms with van der Waals surface area (Å²) in [6.07, 6.45) is 8.68. The van der Waals surface area contributed by atoms with Crippen LogP contribution in [-0.4, -0.2) is 12.1 Å². The molecule has 2 fully saturated rings. The van der Waals surface area contributed by atoms with Crippen LogP contribution in [0.2, 0.25) is 0 Å². The molecule has 132 valence electrons. The first kappa shape index (κ1) is 16.6. The number of allylic oxidation sites excluding steroid dienone is 2. The summed E-state index contributed by atoms with van der Waals surface area (Å²) in [7, 11) is 0. The van der Waals surface area contributed by atoms with Gasteiger partial charge in [-0.05, 0) is 61.0 Å². The lowest BCUT2D eigenvalue weighted by atomic mass is 9.52. The Balaban J connectivity index is 1.55. The van der Waals surface area contributed by atoms with Gasteiger partial charge in [0.25, 0.3) is 0 Å². The minimum atomic E-state index is -0.0846. The van der Waals surface area contributed by atoms with Crippen LogP contribution in [0.5, 0.6) is 0 Å². The molecule has 2 bridgehead atoms. The number of benzene rings is 1. The van der Waals surface area contributed by atoms with Crippen molar-refractivity contribution in [3.05, 3.63) is 53.6 Å². The second-order valence-corrected chi connectivity index (χ2v) is 8.41. The summed E-state index contributed by atoms with van der Waals surface area (Å²) >= 11 is 0. The Labute approximate surface area is 151 Å². The average Bonchev–Trinajstić information content (AvgIpc) is 2.60. The molecule has 1 saturated carbocycles. The van der Waals surface area contributed by atoms with Crippen molar-refractivity contribution in [3.8, 4) is 0 Å². The number of fused-ring (bicyclic) bond motifs is 1. The zero-order valence-electron chi connectivity index (χ0n) is 15.4. The highest BCUT2D eigenvalue weighted by Crippen LogP contribution is 2.56. The molecule has 25 heavy (non-hydrogen) atoms. The molecule has 6 atom stereocenters. The standard InChI is InChI=1S/C23H28O2/c1-14(2)18-13-19-15(3)11-20(18)22-21(19)12-17(25-23(22)24)10-9-16-7-5-4-6-8-16/h4-11,14,17-22H,12-13H2,1-3H3. The quantitative estimate of drug-likeness (QED) is 0.566. The van der Waals surface area contributed by atoms with Gasteiger partial charge in [-0.15, -0.1) is 0 Å². The number of esters is 1. The summed E-state index contributed by atoms with van der Waals surface area (Å²) < 4.78 is 5.84. The number of rotatable bonds is 3. The molecule has 1 aromatic carbocycles. The van der Waals surface area contributed by atoms with Gasteiger partial charge in [0.05, 0.1) is 5.92 Å². The van der Waals surface area contributed by atoms with E-state index >= 15 is 0 Å². The number of hydrogen-bond donors (Lipinski definition) is 0. The minimum Gasteiger partial charge on any atom is -0.458 e. The lowest BCUT2D eigenvalue weighted by molar-refractivity contribution is -0.172. The average molecular weight is 336 g/mol. The number of hydrogen-bond acceptors (Lipinski definition) is 2. The molecule has 0 N–H and O–H groups in total. The van der Waals surface area contributed by atoms with E-state index in [1.54, 1.807) is 0 Å². The normalized spacial score (nSPS) is 37.1.